The average molecular weight is 319 g/mol. The molecule has 0 unspecified atom stereocenters. The van der Waals surface area contributed by atoms with Crippen molar-refractivity contribution in [2.45, 2.75) is 12.8 Å². The van der Waals surface area contributed by atoms with Gasteiger partial charge >= 0.3 is 0 Å². The van der Waals surface area contributed by atoms with Gasteiger partial charge in [-0.15, -0.1) is 0 Å². The van der Waals surface area contributed by atoms with E-state index >= 15 is 0 Å². The van der Waals surface area contributed by atoms with Gasteiger partial charge < -0.3 is 10.1 Å². The van der Waals surface area contributed by atoms with Crippen molar-refractivity contribution in [2.24, 2.45) is 0 Å². The number of amides is 1. The lowest BCUT2D eigenvalue weighted by molar-refractivity contribution is -0.120. The summed E-state index contributed by atoms with van der Waals surface area (Å²) in [6, 6.07) is 22.1. The van der Waals surface area contributed by atoms with Gasteiger partial charge in [0.2, 0.25) is 5.91 Å². The molecule has 0 aromatic heterocycles. The number of benzene rings is 3. The van der Waals surface area contributed by atoms with Crippen LogP contribution in [-0.2, 0) is 17.6 Å². The van der Waals surface area contributed by atoms with Gasteiger partial charge in [-0.3, -0.25) is 4.79 Å². The number of hydrogen-bond donors (Lipinski definition) is 1. The molecule has 0 aliphatic rings. The fraction of sp³-hybridized carbons (Fsp3) is 0.190. The summed E-state index contributed by atoms with van der Waals surface area (Å²) in [6.07, 6.45) is 1.15. The molecule has 3 rings (SSSR count). The van der Waals surface area contributed by atoms with Gasteiger partial charge in [0.1, 0.15) is 5.75 Å². The molecule has 3 aromatic carbocycles. The quantitative estimate of drug-likeness (QED) is 0.751. The number of carbonyl (C=O) groups excluding carboxylic acids is 1. The first kappa shape index (κ1) is 16.1. The first-order valence-electron chi connectivity index (χ1n) is 8.13. The summed E-state index contributed by atoms with van der Waals surface area (Å²) in [4.78, 5) is 12.3. The second kappa shape index (κ2) is 7.64. The summed E-state index contributed by atoms with van der Waals surface area (Å²) in [6.45, 7) is 0.601. The molecular weight excluding hydrogens is 298 g/mol. The maximum absolute atomic E-state index is 12.3. The lowest BCUT2D eigenvalue weighted by Crippen LogP contribution is -2.27. The Kier molecular flexibility index (Phi) is 5.12. The number of methoxy groups -OCH3 is 1. The van der Waals surface area contributed by atoms with E-state index in [0.29, 0.717) is 13.0 Å². The molecule has 0 heterocycles. The Hall–Kier alpha value is -2.81. The van der Waals surface area contributed by atoms with Gasteiger partial charge in [-0.2, -0.15) is 0 Å². The van der Waals surface area contributed by atoms with Crippen LogP contribution >= 0.6 is 0 Å². The number of fused-ring (bicyclic) bond motifs is 1. The van der Waals surface area contributed by atoms with Gasteiger partial charge in [0, 0.05) is 6.54 Å². The van der Waals surface area contributed by atoms with Crippen molar-refractivity contribution in [1.82, 2.24) is 5.32 Å². The van der Waals surface area contributed by atoms with E-state index in [4.69, 9.17) is 4.74 Å². The SMILES string of the molecule is COc1ccccc1CCNC(=O)Cc1cccc2ccccc12. The number of para-hydroxylation sites is 1. The Balaban J connectivity index is 1.59. The molecule has 3 aromatic rings. The molecule has 1 N–H and O–H groups in total. The van der Waals surface area contributed by atoms with Gasteiger partial charge in [-0.1, -0.05) is 60.7 Å². The maximum atomic E-state index is 12.3. The van der Waals surface area contributed by atoms with Crippen LogP contribution in [-0.4, -0.2) is 19.6 Å². The van der Waals surface area contributed by atoms with Crippen molar-refractivity contribution in [3.63, 3.8) is 0 Å². The van der Waals surface area contributed by atoms with Gasteiger partial charge in [-0.25, -0.2) is 0 Å². The molecule has 0 atom stereocenters. The molecule has 0 aliphatic heterocycles. The molecule has 0 saturated heterocycles. The van der Waals surface area contributed by atoms with Crippen molar-refractivity contribution in [3.8, 4) is 5.75 Å². The standard InChI is InChI=1S/C21H21NO2/c1-24-20-12-5-3-8-17(20)13-14-22-21(23)15-18-10-6-9-16-7-2-4-11-19(16)18/h2-12H,13-15H2,1H3,(H,22,23). The van der Waals surface area contributed by atoms with E-state index in [1.165, 1.54) is 0 Å². The van der Waals surface area contributed by atoms with E-state index in [1.807, 2.05) is 48.5 Å². The number of nitrogens with one attached hydrogen (secondary N) is 1. The van der Waals surface area contributed by atoms with Gasteiger partial charge in [-0.05, 0) is 34.4 Å². The smallest absolute Gasteiger partial charge is 0.224 e. The summed E-state index contributed by atoms with van der Waals surface area (Å²) in [7, 11) is 1.66. The van der Waals surface area contributed by atoms with E-state index in [2.05, 4.69) is 23.5 Å². The van der Waals surface area contributed by atoms with Crippen molar-refractivity contribution in [3.05, 3.63) is 77.9 Å². The van der Waals surface area contributed by atoms with Crippen LogP contribution in [0, 0.1) is 0 Å². The van der Waals surface area contributed by atoms with Crippen LogP contribution in [0.3, 0.4) is 0 Å². The van der Waals surface area contributed by atoms with Crippen molar-refractivity contribution in [2.75, 3.05) is 13.7 Å². The highest BCUT2D eigenvalue weighted by Gasteiger charge is 2.07. The van der Waals surface area contributed by atoms with Gasteiger partial charge in [0.25, 0.3) is 0 Å². The Morgan fingerprint density at radius 3 is 2.50 bits per heavy atom. The summed E-state index contributed by atoms with van der Waals surface area (Å²) in [5, 5.41) is 5.30. The lowest BCUT2D eigenvalue weighted by atomic mass is 10.0. The maximum Gasteiger partial charge on any atom is 0.224 e. The molecule has 0 fully saturated rings. The molecule has 0 radical (unpaired) electrons. The zero-order valence-electron chi connectivity index (χ0n) is 13.8. The monoisotopic (exact) mass is 319 g/mol. The number of carbonyl (C=O) groups is 1. The van der Waals surface area contributed by atoms with Crippen molar-refractivity contribution in [1.29, 1.82) is 0 Å². The van der Waals surface area contributed by atoms with E-state index < -0.39 is 0 Å². The van der Waals surface area contributed by atoms with Crippen LogP contribution in [0.5, 0.6) is 5.75 Å². The average Bonchev–Trinajstić information content (AvgIpc) is 2.62. The summed E-state index contributed by atoms with van der Waals surface area (Å²) < 4.78 is 5.33. The predicted octanol–water partition coefficient (Wildman–Crippen LogP) is 3.75. The normalized spacial score (nSPS) is 10.5. The number of rotatable bonds is 6. The van der Waals surface area contributed by atoms with E-state index in [1.54, 1.807) is 7.11 Å². The fourth-order valence-electron chi connectivity index (χ4n) is 2.93. The third kappa shape index (κ3) is 3.74. The van der Waals surface area contributed by atoms with E-state index in [0.717, 1.165) is 34.1 Å². The summed E-state index contributed by atoms with van der Waals surface area (Å²) >= 11 is 0. The Morgan fingerprint density at radius 2 is 1.62 bits per heavy atom. The molecular formula is C21H21NO2. The van der Waals surface area contributed by atoms with E-state index in [9.17, 15) is 4.79 Å². The molecule has 0 aliphatic carbocycles. The first-order chi connectivity index (χ1) is 11.8. The highest BCUT2D eigenvalue weighted by atomic mass is 16.5. The molecule has 0 bridgehead atoms. The fourth-order valence-corrected chi connectivity index (χ4v) is 2.93. The third-order valence-electron chi connectivity index (χ3n) is 4.14. The molecule has 3 heteroatoms. The van der Waals surface area contributed by atoms with Crippen LogP contribution in [0.25, 0.3) is 10.8 Å². The topological polar surface area (TPSA) is 38.3 Å². The molecule has 0 spiro atoms. The number of hydrogen-bond acceptors (Lipinski definition) is 2. The zero-order valence-corrected chi connectivity index (χ0v) is 13.8. The molecule has 1 amide bonds. The third-order valence-corrected chi connectivity index (χ3v) is 4.14. The predicted molar refractivity (Wildman–Crippen MR) is 97.4 cm³/mol. The minimum absolute atomic E-state index is 0.0428. The largest absolute Gasteiger partial charge is 0.496 e. The van der Waals surface area contributed by atoms with Crippen LogP contribution in [0.2, 0.25) is 0 Å². The van der Waals surface area contributed by atoms with Gasteiger partial charge in [0.05, 0.1) is 13.5 Å². The lowest BCUT2D eigenvalue weighted by Gasteiger charge is -2.10. The Labute approximate surface area is 142 Å². The molecule has 24 heavy (non-hydrogen) atoms. The second-order valence-electron chi connectivity index (χ2n) is 5.73. The molecule has 0 saturated carbocycles. The van der Waals surface area contributed by atoms with Crippen molar-refractivity contribution < 1.29 is 9.53 Å². The Bertz CT molecular complexity index is 837. The zero-order chi connectivity index (χ0) is 16.8. The van der Waals surface area contributed by atoms with Gasteiger partial charge in [0.15, 0.2) is 0 Å². The summed E-state index contributed by atoms with van der Waals surface area (Å²) in [5.74, 6) is 0.905. The van der Waals surface area contributed by atoms with Crippen LogP contribution in [0.4, 0.5) is 0 Å². The van der Waals surface area contributed by atoms with Crippen LogP contribution < -0.4 is 10.1 Å². The first-order valence-corrected chi connectivity index (χ1v) is 8.13. The Morgan fingerprint density at radius 1 is 0.917 bits per heavy atom. The second-order valence-corrected chi connectivity index (χ2v) is 5.73. The molecule has 122 valence electrons. The molecule has 3 nitrogen and oxygen atoms in total. The minimum Gasteiger partial charge on any atom is -0.496 e. The van der Waals surface area contributed by atoms with Crippen LogP contribution in [0.1, 0.15) is 11.1 Å². The highest BCUT2D eigenvalue weighted by molar-refractivity contribution is 5.90. The number of ether oxygens (including phenoxy) is 1. The summed E-state index contributed by atoms with van der Waals surface area (Å²) in [5.41, 5.74) is 2.16. The van der Waals surface area contributed by atoms with Crippen LogP contribution in [0.15, 0.2) is 66.7 Å². The van der Waals surface area contributed by atoms with Crippen molar-refractivity contribution >= 4 is 16.7 Å². The van der Waals surface area contributed by atoms with E-state index in [-0.39, 0.29) is 5.91 Å². The highest BCUT2D eigenvalue weighted by Crippen LogP contribution is 2.19. The minimum atomic E-state index is 0.0428.